The lowest BCUT2D eigenvalue weighted by Crippen LogP contribution is -2.11. The molecule has 2 rings (SSSR count). The van der Waals surface area contributed by atoms with E-state index >= 15 is 0 Å². The summed E-state index contributed by atoms with van der Waals surface area (Å²) in [5.41, 5.74) is -0.0572. The van der Waals surface area contributed by atoms with Crippen molar-refractivity contribution in [2.24, 2.45) is 0 Å². The zero-order chi connectivity index (χ0) is 13.9. The molecule has 102 valence electrons. The number of nitrogens with one attached hydrogen (secondary N) is 2. The fourth-order valence-corrected chi connectivity index (χ4v) is 1.61. The van der Waals surface area contributed by atoms with Crippen molar-refractivity contribution in [2.75, 3.05) is 12.4 Å². The van der Waals surface area contributed by atoms with Crippen molar-refractivity contribution < 1.29 is 17.9 Å². The van der Waals surface area contributed by atoms with Crippen molar-refractivity contribution in [3.63, 3.8) is 0 Å². The van der Waals surface area contributed by atoms with Crippen LogP contribution in [0.1, 0.15) is 11.3 Å². The van der Waals surface area contributed by atoms with Crippen LogP contribution in [0.15, 0.2) is 30.5 Å². The largest absolute Gasteiger partial charge is 0.497 e. The van der Waals surface area contributed by atoms with Gasteiger partial charge in [-0.15, -0.1) is 0 Å². The van der Waals surface area contributed by atoms with Gasteiger partial charge in [0.2, 0.25) is 0 Å². The van der Waals surface area contributed by atoms with Crippen LogP contribution in [0, 0.1) is 0 Å². The fourth-order valence-electron chi connectivity index (χ4n) is 1.61. The zero-order valence-electron chi connectivity index (χ0n) is 10.1. The smallest absolute Gasteiger partial charge is 0.418 e. The molecule has 2 N–H and O–H groups in total. The summed E-state index contributed by atoms with van der Waals surface area (Å²) < 4.78 is 43.6. The quantitative estimate of drug-likeness (QED) is 0.898. The minimum atomic E-state index is -4.44. The van der Waals surface area contributed by atoms with Gasteiger partial charge in [0, 0.05) is 11.9 Å². The van der Waals surface area contributed by atoms with Crippen LogP contribution in [-0.4, -0.2) is 17.3 Å². The van der Waals surface area contributed by atoms with E-state index in [9.17, 15) is 13.2 Å². The SMILES string of the molecule is COc1ccc(NCc2ccn[nH]2)c(C(F)(F)F)c1. The summed E-state index contributed by atoms with van der Waals surface area (Å²) in [6, 6.07) is 5.47. The average molecular weight is 271 g/mol. The van der Waals surface area contributed by atoms with Gasteiger partial charge in [0.1, 0.15) is 5.75 Å². The van der Waals surface area contributed by atoms with E-state index in [-0.39, 0.29) is 18.0 Å². The van der Waals surface area contributed by atoms with Crippen LogP contribution < -0.4 is 10.1 Å². The van der Waals surface area contributed by atoms with E-state index in [4.69, 9.17) is 4.74 Å². The molecular formula is C12H12F3N3O. The van der Waals surface area contributed by atoms with Crippen molar-refractivity contribution in [3.8, 4) is 5.75 Å². The van der Waals surface area contributed by atoms with E-state index in [2.05, 4.69) is 15.5 Å². The summed E-state index contributed by atoms with van der Waals surface area (Å²) in [6.45, 7) is 0.232. The Morgan fingerprint density at radius 3 is 2.68 bits per heavy atom. The summed E-state index contributed by atoms with van der Waals surface area (Å²) >= 11 is 0. The van der Waals surface area contributed by atoms with Gasteiger partial charge in [-0.25, -0.2) is 0 Å². The maximum Gasteiger partial charge on any atom is 0.418 e. The summed E-state index contributed by atoms with van der Waals surface area (Å²) in [5.74, 6) is 0.166. The van der Waals surface area contributed by atoms with Gasteiger partial charge in [0.15, 0.2) is 0 Å². The highest BCUT2D eigenvalue weighted by Crippen LogP contribution is 2.37. The number of anilines is 1. The second-order valence-corrected chi connectivity index (χ2v) is 3.84. The lowest BCUT2D eigenvalue weighted by atomic mass is 10.1. The van der Waals surface area contributed by atoms with Gasteiger partial charge in [-0.3, -0.25) is 5.10 Å². The molecule has 0 atom stereocenters. The Morgan fingerprint density at radius 2 is 2.11 bits per heavy atom. The Morgan fingerprint density at radius 1 is 1.32 bits per heavy atom. The topological polar surface area (TPSA) is 49.9 Å². The maximum atomic E-state index is 12.9. The Balaban J connectivity index is 2.23. The van der Waals surface area contributed by atoms with Crippen molar-refractivity contribution >= 4 is 5.69 Å². The first kappa shape index (κ1) is 13.3. The molecule has 0 aliphatic carbocycles. The Kier molecular flexibility index (Phi) is 3.64. The molecule has 0 bridgehead atoms. The van der Waals surface area contributed by atoms with Crippen LogP contribution >= 0.6 is 0 Å². The normalized spacial score (nSPS) is 11.4. The molecule has 0 saturated carbocycles. The number of hydrogen-bond acceptors (Lipinski definition) is 3. The number of ether oxygens (including phenoxy) is 1. The van der Waals surface area contributed by atoms with Crippen LogP contribution in [0.4, 0.5) is 18.9 Å². The monoisotopic (exact) mass is 271 g/mol. The van der Waals surface area contributed by atoms with Crippen LogP contribution in [0.3, 0.4) is 0 Å². The molecule has 7 heteroatoms. The number of rotatable bonds is 4. The highest BCUT2D eigenvalue weighted by atomic mass is 19.4. The predicted octanol–water partition coefficient (Wildman–Crippen LogP) is 3.05. The van der Waals surface area contributed by atoms with Crippen molar-refractivity contribution in [2.45, 2.75) is 12.7 Å². The van der Waals surface area contributed by atoms with Crippen LogP contribution in [0.25, 0.3) is 0 Å². The van der Waals surface area contributed by atoms with Crippen LogP contribution in [0.5, 0.6) is 5.75 Å². The number of benzene rings is 1. The van der Waals surface area contributed by atoms with E-state index in [1.807, 2.05) is 0 Å². The van der Waals surface area contributed by atoms with Crippen molar-refractivity contribution in [1.29, 1.82) is 0 Å². The van der Waals surface area contributed by atoms with Crippen molar-refractivity contribution in [3.05, 3.63) is 41.7 Å². The molecule has 0 amide bonds. The summed E-state index contributed by atoms with van der Waals surface area (Å²) in [4.78, 5) is 0. The Labute approximate surface area is 107 Å². The first-order valence-corrected chi connectivity index (χ1v) is 5.48. The van der Waals surface area contributed by atoms with E-state index < -0.39 is 11.7 Å². The third kappa shape index (κ3) is 3.18. The Bertz CT molecular complexity index is 538. The molecule has 1 heterocycles. The summed E-state index contributed by atoms with van der Waals surface area (Å²) in [5, 5.41) is 9.12. The highest BCUT2D eigenvalue weighted by Gasteiger charge is 2.34. The summed E-state index contributed by atoms with van der Waals surface area (Å²) in [6.07, 6.45) is -2.90. The number of halogens is 3. The number of methoxy groups -OCH3 is 1. The minimum Gasteiger partial charge on any atom is -0.497 e. The van der Waals surface area contributed by atoms with E-state index in [1.54, 1.807) is 6.07 Å². The number of aromatic nitrogens is 2. The predicted molar refractivity (Wildman–Crippen MR) is 63.9 cm³/mol. The first-order chi connectivity index (χ1) is 9.00. The van der Waals surface area contributed by atoms with Gasteiger partial charge in [0.05, 0.1) is 24.9 Å². The van der Waals surface area contributed by atoms with Crippen molar-refractivity contribution in [1.82, 2.24) is 10.2 Å². The molecule has 0 radical (unpaired) electrons. The molecule has 0 spiro atoms. The zero-order valence-corrected chi connectivity index (χ0v) is 10.1. The van der Waals surface area contributed by atoms with Gasteiger partial charge in [0.25, 0.3) is 0 Å². The van der Waals surface area contributed by atoms with Gasteiger partial charge >= 0.3 is 6.18 Å². The molecule has 2 aromatic rings. The number of alkyl halides is 3. The third-order valence-corrected chi connectivity index (χ3v) is 2.56. The van der Waals surface area contributed by atoms with E-state index in [0.717, 1.165) is 6.07 Å². The van der Waals surface area contributed by atoms with Gasteiger partial charge in [-0.1, -0.05) is 0 Å². The van der Waals surface area contributed by atoms with Crippen LogP contribution in [-0.2, 0) is 12.7 Å². The molecule has 19 heavy (non-hydrogen) atoms. The number of hydrogen-bond donors (Lipinski definition) is 2. The van der Waals surface area contributed by atoms with Gasteiger partial charge in [-0.2, -0.15) is 18.3 Å². The standard InChI is InChI=1S/C12H12F3N3O/c1-19-9-2-3-11(10(6-9)12(13,14)15)16-7-8-4-5-17-18-8/h2-6,16H,7H2,1H3,(H,17,18). The number of aromatic amines is 1. The number of nitrogens with zero attached hydrogens (tertiary/aromatic N) is 1. The molecule has 0 saturated heterocycles. The fraction of sp³-hybridized carbons (Fsp3) is 0.250. The Hall–Kier alpha value is -2.18. The second-order valence-electron chi connectivity index (χ2n) is 3.84. The molecule has 4 nitrogen and oxygen atoms in total. The number of H-pyrrole nitrogens is 1. The molecule has 0 aliphatic rings. The second kappa shape index (κ2) is 5.21. The average Bonchev–Trinajstić information content (AvgIpc) is 2.88. The lowest BCUT2D eigenvalue weighted by molar-refractivity contribution is -0.137. The van der Waals surface area contributed by atoms with Gasteiger partial charge in [-0.05, 0) is 24.3 Å². The highest BCUT2D eigenvalue weighted by molar-refractivity contribution is 5.55. The third-order valence-electron chi connectivity index (χ3n) is 2.56. The van der Waals surface area contributed by atoms with Gasteiger partial charge < -0.3 is 10.1 Å². The summed E-state index contributed by atoms with van der Waals surface area (Å²) in [7, 11) is 1.33. The van der Waals surface area contributed by atoms with E-state index in [0.29, 0.717) is 5.69 Å². The first-order valence-electron chi connectivity index (χ1n) is 5.48. The lowest BCUT2D eigenvalue weighted by Gasteiger charge is -2.15. The molecule has 0 fully saturated rings. The maximum absolute atomic E-state index is 12.9. The molecule has 0 aliphatic heterocycles. The van der Waals surface area contributed by atoms with E-state index in [1.165, 1.54) is 25.4 Å². The molecule has 1 aromatic carbocycles. The molecule has 0 unspecified atom stereocenters. The molecular weight excluding hydrogens is 259 g/mol. The minimum absolute atomic E-state index is 0.00269. The van der Waals surface area contributed by atoms with Crippen LogP contribution in [0.2, 0.25) is 0 Å². The molecule has 1 aromatic heterocycles.